The van der Waals surface area contributed by atoms with E-state index in [4.69, 9.17) is 11.6 Å². The lowest BCUT2D eigenvalue weighted by molar-refractivity contribution is 0.0932. The highest BCUT2D eigenvalue weighted by Crippen LogP contribution is 2.30. The van der Waals surface area contributed by atoms with Gasteiger partial charge in [0, 0.05) is 13.1 Å². The first-order chi connectivity index (χ1) is 13.4. The third kappa shape index (κ3) is 4.09. The molecule has 150 valence electrons. The molecular weight excluding hydrogens is 396 g/mol. The van der Waals surface area contributed by atoms with E-state index in [1.54, 1.807) is 13.8 Å². The molecule has 0 saturated heterocycles. The summed E-state index contributed by atoms with van der Waals surface area (Å²) in [7, 11) is -3.66. The van der Waals surface area contributed by atoms with E-state index < -0.39 is 10.0 Å². The Labute approximate surface area is 171 Å². The summed E-state index contributed by atoms with van der Waals surface area (Å²) in [4.78, 5) is 13.0. The number of hydrogen-bond donors (Lipinski definition) is 1. The van der Waals surface area contributed by atoms with Crippen LogP contribution in [0.4, 0.5) is 0 Å². The molecule has 1 aliphatic carbocycles. The van der Waals surface area contributed by atoms with Gasteiger partial charge in [0.05, 0.1) is 21.5 Å². The van der Waals surface area contributed by atoms with Gasteiger partial charge in [-0.2, -0.15) is 4.31 Å². The summed E-state index contributed by atoms with van der Waals surface area (Å²) < 4.78 is 26.9. The predicted molar refractivity (Wildman–Crippen MR) is 111 cm³/mol. The van der Waals surface area contributed by atoms with Crippen LogP contribution in [0, 0.1) is 0 Å². The lowest BCUT2D eigenvalue weighted by Gasteiger charge is -2.26. The van der Waals surface area contributed by atoms with E-state index in [1.165, 1.54) is 28.1 Å². The first-order valence-corrected chi connectivity index (χ1v) is 11.4. The van der Waals surface area contributed by atoms with Gasteiger partial charge in [-0.15, -0.1) is 0 Å². The summed E-state index contributed by atoms with van der Waals surface area (Å²) in [6.07, 6.45) is 2.84. The van der Waals surface area contributed by atoms with Crippen LogP contribution in [0.5, 0.6) is 0 Å². The maximum atomic E-state index is 12.9. The van der Waals surface area contributed by atoms with E-state index in [-0.39, 0.29) is 27.4 Å². The first-order valence-electron chi connectivity index (χ1n) is 9.56. The number of amides is 1. The molecule has 0 bridgehead atoms. The van der Waals surface area contributed by atoms with Crippen LogP contribution in [0.1, 0.15) is 54.2 Å². The lowest BCUT2D eigenvalue weighted by Crippen LogP contribution is -2.32. The topological polar surface area (TPSA) is 66.5 Å². The van der Waals surface area contributed by atoms with Crippen molar-refractivity contribution in [1.29, 1.82) is 0 Å². The number of fused-ring (bicyclic) bond motifs is 1. The van der Waals surface area contributed by atoms with Crippen LogP contribution in [0.25, 0.3) is 0 Å². The molecule has 0 heterocycles. The predicted octanol–water partition coefficient (Wildman–Crippen LogP) is 4.18. The van der Waals surface area contributed by atoms with Crippen LogP contribution < -0.4 is 5.32 Å². The molecule has 1 amide bonds. The summed E-state index contributed by atoms with van der Waals surface area (Å²) in [6.45, 7) is 4.29. The molecule has 1 aliphatic rings. The van der Waals surface area contributed by atoms with Gasteiger partial charge in [-0.25, -0.2) is 8.42 Å². The molecule has 1 atom stereocenters. The minimum absolute atomic E-state index is 0.0785. The van der Waals surface area contributed by atoms with Gasteiger partial charge in [0.25, 0.3) is 5.91 Å². The number of nitrogens with one attached hydrogen (secondary N) is 1. The molecule has 3 rings (SSSR count). The molecule has 7 heteroatoms. The van der Waals surface area contributed by atoms with E-state index in [1.807, 2.05) is 18.2 Å². The number of halogens is 1. The maximum absolute atomic E-state index is 12.9. The van der Waals surface area contributed by atoms with E-state index in [0.717, 1.165) is 24.8 Å². The smallest absolute Gasteiger partial charge is 0.253 e. The Hall–Kier alpha value is -1.89. The monoisotopic (exact) mass is 420 g/mol. The average Bonchev–Trinajstić information content (AvgIpc) is 2.69. The van der Waals surface area contributed by atoms with Crippen LogP contribution in [0.2, 0.25) is 5.02 Å². The van der Waals surface area contributed by atoms with Crippen LogP contribution in [-0.4, -0.2) is 31.7 Å². The highest BCUT2D eigenvalue weighted by Gasteiger charge is 2.26. The zero-order chi connectivity index (χ0) is 20.3. The number of aryl methyl sites for hydroxylation is 1. The number of hydrogen-bond acceptors (Lipinski definition) is 3. The van der Waals surface area contributed by atoms with Crippen molar-refractivity contribution >= 4 is 27.5 Å². The number of carbonyl (C=O) groups is 1. The van der Waals surface area contributed by atoms with Crippen molar-refractivity contribution in [2.75, 3.05) is 13.1 Å². The number of rotatable bonds is 6. The fraction of sp³-hybridized carbons (Fsp3) is 0.381. The molecule has 0 unspecified atom stereocenters. The van der Waals surface area contributed by atoms with Crippen molar-refractivity contribution in [2.45, 2.75) is 44.0 Å². The minimum atomic E-state index is -3.66. The maximum Gasteiger partial charge on any atom is 0.253 e. The summed E-state index contributed by atoms with van der Waals surface area (Å²) in [5, 5.41) is 3.27. The van der Waals surface area contributed by atoms with Gasteiger partial charge in [0.15, 0.2) is 0 Å². The largest absolute Gasteiger partial charge is 0.345 e. The Morgan fingerprint density at radius 3 is 2.61 bits per heavy atom. The van der Waals surface area contributed by atoms with E-state index >= 15 is 0 Å². The van der Waals surface area contributed by atoms with Gasteiger partial charge < -0.3 is 5.32 Å². The highest BCUT2D eigenvalue weighted by atomic mass is 35.5. The molecule has 0 fully saturated rings. The summed E-state index contributed by atoms with van der Waals surface area (Å²) in [5.41, 5.74) is 2.53. The van der Waals surface area contributed by atoms with Crippen molar-refractivity contribution in [3.8, 4) is 0 Å². The summed E-state index contributed by atoms with van der Waals surface area (Å²) in [6, 6.07) is 12.3. The second kappa shape index (κ2) is 8.64. The first kappa shape index (κ1) is 20.8. The molecule has 0 aliphatic heterocycles. The summed E-state index contributed by atoms with van der Waals surface area (Å²) >= 11 is 6.24. The number of benzene rings is 2. The molecule has 1 N–H and O–H groups in total. The van der Waals surface area contributed by atoms with Gasteiger partial charge in [0.2, 0.25) is 10.0 Å². The Kier molecular flexibility index (Phi) is 6.43. The van der Waals surface area contributed by atoms with Crippen molar-refractivity contribution in [3.63, 3.8) is 0 Å². The third-order valence-electron chi connectivity index (χ3n) is 5.20. The van der Waals surface area contributed by atoms with Gasteiger partial charge in [-0.1, -0.05) is 49.7 Å². The summed E-state index contributed by atoms with van der Waals surface area (Å²) in [5.74, 6) is -0.358. The van der Waals surface area contributed by atoms with Crippen LogP contribution >= 0.6 is 11.6 Å². The zero-order valence-electron chi connectivity index (χ0n) is 16.1. The molecule has 0 saturated carbocycles. The van der Waals surface area contributed by atoms with Crippen LogP contribution in [0.3, 0.4) is 0 Å². The number of nitrogens with zero attached hydrogens (tertiary/aromatic N) is 1. The minimum Gasteiger partial charge on any atom is -0.345 e. The highest BCUT2D eigenvalue weighted by molar-refractivity contribution is 7.89. The van der Waals surface area contributed by atoms with E-state index in [0.29, 0.717) is 13.1 Å². The molecule has 0 radical (unpaired) electrons. The second-order valence-electron chi connectivity index (χ2n) is 6.85. The molecule has 0 aromatic heterocycles. The second-order valence-corrected chi connectivity index (χ2v) is 9.19. The number of sulfonamides is 1. The zero-order valence-corrected chi connectivity index (χ0v) is 17.7. The molecule has 28 heavy (non-hydrogen) atoms. The quantitative estimate of drug-likeness (QED) is 0.762. The van der Waals surface area contributed by atoms with E-state index in [9.17, 15) is 13.2 Å². The van der Waals surface area contributed by atoms with Crippen molar-refractivity contribution in [3.05, 3.63) is 64.2 Å². The fourth-order valence-corrected chi connectivity index (χ4v) is 5.38. The van der Waals surface area contributed by atoms with Gasteiger partial charge in [-0.05, 0) is 48.6 Å². The fourth-order valence-electron chi connectivity index (χ4n) is 3.69. The molecule has 2 aromatic rings. The molecule has 0 spiro atoms. The SMILES string of the molecule is CCN(CC)S(=O)(=O)c1ccc(Cl)c(C(=O)N[C@H]2CCCc3ccccc32)c1. The van der Waals surface area contributed by atoms with Crippen LogP contribution in [-0.2, 0) is 16.4 Å². The van der Waals surface area contributed by atoms with E-state index in [2.05, 4.69) is 11.4 Å². The van der Waals surface area contributed by atoms with Crippen molar-refractivity contribution in [1.82, 2.24) is 9.62 Å². The standard InChI is InChI=1S/C21H25ClN2O3S/c1-3-24(4-2)28(26,27)16-12-13-19(22)18(14-16)21(25)23-20-11-7-9-15-8-5-6-10-17(15)20/h5-6,8,10,12-14,20H,3-4,7,9,11H2,1-2H3,(H,23,25)/t20-/m0/s1. The van der Waals surface area contributed by atoms with Gasteiger partial charge in [0.1, 0.15) is 0 Å². The van der Waals surface area contributed by atoms with Gasteiger partial charge in [-0.3, -0.25) is 4.79 Å². The third-order valence-corrected chi connectivity index (χ3v) is 7.58. The Morgan fingerprint density at radius 2 is 1.89 bits per heavy atom. The molecule has 5 nitrogen and oxygen atoms in total. The Bertz CT molecular complexity index is 971. The Morgan fingerprint density at radius 1 is 1.18 bits per heavy atom. The average molecular weight is 421 g/mol. The molecule has 2 aromatic carbocycles. The molecular formula is C21H25ClN2O3S. The van der Waals surface area contributed by atoms with Crippen molar-refractivity contribution < 1.29 is 13.2 Å². The lowest BCUT2D eigenvalue weighted by atomic mass is 9.87. The normalized spacial score (nSPS) is 16.6. The van der Waals surface area contributed by atoms with Gasteiger partial charge >= 0.3 is 0 Å². The van der Waals surface area contributed by atoms with Crippen molar-refractivity contribution in [2.24, 2.45) is 0 Å². The Balaban J connectivity index is 1.89. The number of carbonyl (C=O) groups excluding carboxylic acids is 1. The van der Waals surface area contributed by atoms with Crippen LogP contribution in [0.15, 0.2) is 47.4 Å².